The molecule has 2 aromatic heterocycles. The molecule has 0 spiro atoms. The third-order valence-corrected chi connectivity index (χ3v) is 2.91. The van der Waals surface area contributed by atoms with Crippen molar-refractivity contribution in [2.24, 2.45) is 0 Å². The number of furan rings is 1. The van der Waals surface area contributed by atoms with Gasteiger partial charge in [-0.25, -0.2) is 0 Å². The van der Waals surface area contributed by atoms with E-state index < -0.39 is 0 Å². The fraction of sp³-hybridized carbons (Fsp3) is 0.364. The Hall–Kier alpha value is -1.26. The molecule has 0 saturated heterocycles. The summed E-state index contributed by atoms with van der Waals surface area (Å²) >= 11 is 5.95. The van der Waals surface area contributed by atoms with E-state index in [9.17, 15) is 0 Å². The minimum absolute atomic E-state index is 0.687. The Morgan fingerprint density at radius 3 is 3.00 bits per heavy atom. The number of halogens is 1. The largest absolute Gasteiger partial charge is 0.468 e. The maximum atomic E-state index is 5.95. The van der Waals surface area contributed by atoms with E-state index in [-0.39, 0.29) is 0 Å². The highest BCUT2D eigenvalue weighted by Gasteiger charge is 2.09. The Morgan fingerprint density at radius 1 is 1.56 bits per heavy atom. The van der Waals surface area contributed by atoms with Crippen molar-refractivity contribution >= 4 is 11.6 Å². The van der Waals surface area contributed by atoms with Crippen LogP contribution in [-0.4, -0.2) is 16.8 Å². The molecule has 0 bridgehead atoms. The molecule has 0 aliphatic rings. The summed E-state index contributed by atoms with van der Waals surface area (Å²) in [7, 11) is 1.89. The summed E-state index contributed by atoms with van der Waals surface area (Å²) in [4.78, 5) is 0. The van der Waals surface area contributed by atoms with Crippen molar-refractivity contribution in [2.75, 3.05) is 7.05 Å². The van der Waals surface area contributed by atoms with Gasteiger partial charge in [0.15, 0.2) is 0 Å². The molecule has 1 N–H and O–H groups in total. The zero-order valence-corrected chi connectivity index (χ0v) is 10.1. The first-order valence-corrected chi connectivity index (χ1v) is 5.48. The normalized spacial score (nSPS) is 10.9. The molecule has 4 nitrogen and oxygen atoms in total. The summed E-state index contributed by atoms with van der Waals surface area (Å²) in [6.45, 7) is 3.36. The van der Waals surface area contributed by atoms with Crippen molar-refractivity contribution in [3.63, 3.8) is 0 Å². The standard InChI is InChI=1S/C11H14ClN3O/c1-8-10(12)5-14-15(8)7-9-3-4-16-11(9)6-13-2/h3-5,13H,6-7H2,1-2H3. The predicted molar refractivity (Wildman–Crippen MR) is 62.5 cm³/mol. The van der Waals surface area contributed by atoms with Gasteiger partial charge in [-0.1, -0.05) is 11.6 Å². The molecule has 2 heterocycles. The average Bonchev–Trinajstić information content (AvgIpc) is 2.82. The van der Waals surface area contributed by atoms with Crippen molar-refractivity contribution in [2.45, 2.75) is 20.0 Å². The van der Waals surface area contributed by atoms with Gasteiger partial charge in [0.25, 0.3) is 0 Å². The predicted octanol–water partition coefficient (Wildman–Crippen LogP) is 2.21. The van der Waals surface area contributed by atoms with Crippen LogP contribution in [0.25, 0.3) is 0 Å². The number of hydrogen-bond donors (Lipinski definition) is 1. The summed E-state index contributed by atoms with van der Waals surface area (Å²) in [5.74, 6) is 0.938. The second-order valence-corrected chi connectivity index (χ2v) is 4.04. The molecule has 5 heteroatoms. The maximum Gasteiger partial charge on any atom is 0.122 e. The highest BCUT2D eigenvalue weighted by molar-refractivity contribution is 6.31. The maximum absolute atomic E-state index is 5.95. The van der Waals surface area contributed by atoms with Gasteiger partial charge in [0.1, 0.15) is 5.76 Å². The first-order chi connectivity index (χ1) is 7.72. The van der Waals surface area contributed by atoms with Gasteiger partial charge in [0.05, 0.1) is 36.3 Å². The van der Waals surface area contributed by atoms with Crippen LogP contribution in [0.4, 0.5) is 0 Å². The highest BCUT2D eigenvalue weighted by Crippen LogP contribution is 2.17. The first kappa shape index (κ1) is 11.2. The van der Waals surface area contributed by atoms with Crippen molar-refractivity contribution < 1.29 is 4.42 Å². The molecule has 0 fully saturated rings. The van der Waals surface area contributed by atoms with Gasteiger partial charge in [0.2, 0.25) is 0 Å². The molecule has 0 aromatic carbocycles. The average molecular weight is 240 g/mol. The Kier molecular flexibility index (Phi) is 3.31. The lowest BCUT2D eigenvalue weighted by Crippen LogP contribution is -2.09. The number of hydrogen-bond acceptors (Lipinski definition) is 3. The molecule has 0 aliphatic carbocycles. The Bertz CT molecular complexity index is 475. The number of aromatic nitrogens is 2. The third kappa shape index (κ3) is 2.13. The van der Waals surface area contributed by atoms with Crippen LogP contribution in [0.5, 0.6) is 0 Å². The van der Waals surface area contributed by atoms with Gasteiger partial charge in [0, 0.05) is 5.56 Å². The molecular weight excluding hydrogens is 226 g/mol. The van der Waals surface area contributed by atoms with Gasteiger partial charge < -0.3 is 9.73 Å². The van der Waals surface area contributed by atoms with Crippen LogP contribution in [0.1, 0.15) is 17.0 Å². The van der Waals surface area contributed by atoms with Crippen LogP contribution in [0.15, 0.2) is 22.9 Å². The molecule has 0 amide bonds. The van der Waals surface area contributed by atoms with E-state index in [1.807, 2.05) is 24.7 Å². The fourth-order valence-corrected chi connectivity index (χ4v) is 1.71. The minimum atomic E-state index is 0.687. The molecule has 2 rings (SSSR count). The van der Waals surface area contributed by atoms with Crippen LogP contribution in [-0.2, 0) is 13.1 Å². The summed E-state index contributed by atoms with van der Waals surface area (Å²) in [5, 5.41) is 7.97. The molecule has 0 atom stereocenters. The molecule has 2 aromatic rings. The lowest BCUT2D eigenvalue weighted by molar-refractivity contribution is 0.486. The summed E-state index contributed by atoms with van der Waals surface area (Å²) in [5.41, 5.74) is 2.09. The van der Waals surface area contributed by atoms with Crippen LogP contribution < -0.4 is 5.32 Å². The SMILES string of the molecule is CNCc1occc1Cn1ncc(Cl)c1C. The van der Waals surface area contributed by atoms with E-state index in [2.05, 4.69) is 10.4 Å². The molecule has 0 aliphatic heterocycles. The van der Waals surface area contributed by atoms with E-state index in [4.69, 9.17) is 16.0 Å². The Morgan fingerprint density at radius 2 is 2.38 bits per heavy atom. The zero-order chi connectivity index (χ0) is 11.5. The van der Waals surface area contributed by atoms with Crippen molar-refractivity contribution in [3.05, 3.63) is 40.6 Å². The van der Waals surface area contributed by atoms with E-state index in [1.165, 1.54) is 0 Å². The summed E-state index contributed by atoms with van der Waals surface area (Å²) < 4.78 is 7.25. The topological polar surface area (TPSA) is 43.0 Å². The minimum Gasteiger partial charge on any atom is -0.468 e. The quantitative estimate of drug-likeness (QED) is 0.890. The summed E-state index contributed by atoms with van der Waals surface area (Å²) in [6.07, 6.45) is 3.36. The van der Waals surface area contributed by atoms with Crippen molar-refractivity contribution in [3.8, 4) is 0 Å². The molecule has 0 unspecified atom stereocenters. The number of nitrogens with one attached hydrogen (secondary N) is 1. The highest BCUT2D eigenvalue weighted by atomic mass is 35.5. The molecule has 86 valence electrons. The lowest BCUT2D eigenvalue weighted by Gasteiger charge is -2.04. The molecular formula is C11H14ClN3O. The Labute approximate surface area is 99.2 Å². The van der Waals surface area contributed by atoms with Gasteiger partial charge in [-0.3, -0.25) is 4.68 Å². The van der Waals surface area contributed by atoms with Crippen molar-refractivity contribution in [1.29, 1.82) is 0 Å². The van der Waals surface area contributed by atoms with Crippen LogP contribution in [0.3, 0.4) is 0 Å². The number of rotatable bonds is 4. The van der Waals surface area contributed by atoms with Crippen LogP contribution in [0, 0.1) is 6.92 Å². The second-order valence-electron chi connectivity index (χ2n) is 3.63. The molecule has 16 heavy (non-hydrogen) atoms. The van der Waals surface area contributed by atoms with Crippen LogP contribution in [0.2, 0.25) is 5.02 Å². The van der Waals surface area contributed by atoms with E-state index in [0.717, 1.165) is 23.6 Å². The second kappa shape index (κ2) is 4.72. The molecule has 0 saturated carbocycles. The van der Waals surface area contributed by atoms with Gasteiger partial charge in [-0.2, -0.15) is 5.10 Å². The first-order valence-electron chi connectivity index (χ1n) is 5.10. The smallest absolute Gasteiger partial charge is 0.122 e. The zero-order valence-electron chi connectivity index (χ0n) is 9.33. The van der Waals surface area contributed by atoms with E-state index in [0.29, 0.717) is 11.6 Å². The van der Waals surface area contributed by atoms with Gasteiger partial charge in [-0.15, -0.1) is 0 Å². The van der Waals surface area contributed by atoms with Crippen molar-refractivity contribution in [1.82, 2.24) is 15.1 Å². The van der Waals surface area contributed by atoms with Crippen LogP contribution >= 0.6 is 11.6 Å². The number of nitrogens with zero attached hydrogens (tertiary/aromatic N) is 2. The fourth-order valence-electron chi connectivity index (χ4n) is 1.57. The van der Waals surface area contributed by atoms with E-state index in [1.54, 1.807) is 12.5 Å². The van der Waals surface area contributed by atoms with Gasteiger partial charge >= 0.3 is 0 Å². The lowest BCUT2D eigenvalue weighted by atomic mass is 10.2. The molecule has 0 radical (unpaired) electrons. The van der Waals surface area contributed by atoms with Gasteiger partial charge in [-0.05, 0) is 20.0 Å². The Balaban J connectivity index is 2.20. The van der Waals surface area contributed by atoms with E-state index >= 15 is 0 Å². The summed E-state index contributed by atoms with van der Waals surface area (Å²) in [6, 6.07) is 1.96. The monoisotopic (exact) mass is 239 g/mol. The third-order valence-electron chi connectivity index (χ3n) is 2.54.